The van der Waals surface area contributed by atoms with E-state index >= 15 is 0 Å². The Hall–Kier alpha value is -2.13. The van der Waals surface area contributed by atoms with Crippen molar-refractivity contribution in [3.63, 3.8) is 0 Å². The fourth-order valence-corrected chi connectivity index (χ4v) is 5.66. The van der Waals surface area contributed by atoms with Crippen LogP contribution in [0.5, 0.6) is 0 Å². The number of carbonyl (C=O) groups excluding carboxylic acids is 1. The number of ketones is 1. The van der Waals surface area contributed by atoms with Crippen molar-refractivity contribution in [2.45, 2.75) is 38.1 Å². The molecule has 0 radical (unpaired) electrons. The molecular formula is C23H26N2O. The SMILES string of the molecule is O=C1C=CNC[C@@]23C=C4CCCC=C4C[C@]12CNC3Cc1ccccc1. The molecule has 4 aliphatic rings. The molecule has 2 N–H and O–H groups in total. The molecule has 5 rings (SSSR count). The predicted molar refractivity (Wildman–Crippen MR) is 104 cm³/mol. The number of allylic oxidation sites excluding steroid dienone is 4. The van der Waals surface area contributed by atoms with Crippen LogP contribution in [0.1, 0.15) is 31.2 Å². The van der Waals surface area contributed by atoms with Crippen molar-refractivity contribution >= 4 is 5.78 Å². The van der Waals surface area contributed by atoms with Crippen molar-refractivity contribution in [2.24, 2.45) is 10.8 Å². The molecule has 2 aliphatic carbocycles. The van der Waals surface area contributed by atoms with Crippen LogP contribution in [0.2, 0.25) is 0 Å². The molecule has 1 aromatic rings. The van der Waals surface area contributed by atoms with Gasteiger partial charge in [-0.3, -0.25) is 4.79 Å². The van der Waals surface area contributed by atoms with Crippen molar-refractivity contribution < 1.29 is 4.79 Å². The van der Waals surface area contributed by atoms with E-state index in [1.165, 1.54) is 23.1 Å². The Balaban J connectivity index is 1.63. The molecule has 1 unspecified atom stereocenters. The second kappa shape index (κ2) is 5.95. The van der Waals surface area contributed by atoms with E-state index in [2.05, 4.69) is 53.1 Å². The Morgan fingerprint density at radius 3 is 2.88 bits per heavy atom. The van der Waals surface area contributed by atoms with Crippen molar-refractivity contribution in [1.82, 2.24) is 10.6 Å². The molecule has 2 aliphatic heterocycles. The number of nitrogens with one attached hydrogen (secondary N) is 2. The Labute approximate surface area is 155 Å². The van der Waals surface area contributed by atoms with Crippen LogP contribution >= 0.6 is 0 Å². The van der Waals surface area contributed by atoms with Gasteiger partial charge >= 0.3 is 0 Å². The zero-order valence-corrected chi connectivity index (χ0v) is 15.1. The van der Waals surface area contributed by atoms with Crippen molar-refractivity contribution in [3.8, 4) is 0 Å². The molecule has 2 heterocycles. The summed E-state index contributed by atoms with van der Waals surface area (Å²) in [6.45, 7) is 1.60. The fraction of sp³-hybridized carbons (Fsp3) is 0.435. The highest BCUT2D eigenvalue weighted by molar-refractivity contribution is 5.97. The minimum absolute atomic E-state index is 0.159. The molecule has 3 nitrogen and oxygen atoms in total. The Morgan fingerprint density at radius 2 is 2.00 bits per heavy atom. The molecule has 26 heavy (non-hydrogen) atoms. The lowest BCUT2D eigenvalue weighted by Gasteiger charge is -2.49. The van der Waals surface area contributed by atoms with E-state index in [1.807, 2.05) is 6.20 Å². The zero-order chi connectivity index (χ0) is 17.6. The third-order valence-corrected chi connectivity index (χ3v) is 7.04. The number of hydrogen-bond donors (Lipinski definition) is 2. The summed E-state index contributed by atoms with van der Waals surface area (Å²) in [6.07, 6.45) is 13.9. The standard InChI is InChI=1S/C23H26N2O/c26-21-10-11-24-15-22-13-18-8-4-5-9-19(18)14-23(21,22)16-25-20(22)12-17-6-2-1-3-7-17/h1-3,6-7,9-11,13,20,24-25H,4-5,8,12,14-16H2/t20?,22-,23+/m1/s1. The molecule has 1 saturated heterocycles. The Morgan fingerprint density at radius 1 is 1.12 bits per heavy atom. The minimum atomic E-state index is -0.348. The third kappa shape index (κ3) is 2.20. The average Bonchev–Trinajstić information content (AvgIpc) is 2.90. The highest BCUT2D eigenvalue weighted by Crippen LogP contribution is 2.58. The summed E-state index contributed by atoms with van der Waals surface area (Å²) >= 11 is 0. The van der Waals surface area contributed by atoms with E-state index in [0.717, 1.165) is 38.8 Å². The average molecular weight is 346 g/mol. The molecule has 0 saturated carbocycles. The summed E-state index contributed by atoms with van der Waals surface area (Å²) in [6, 6.07) is 11.0. The zero-order valence-electron chi connectivity index (χ0n) is 15.1. The number of hydrogen-bond acceptors (Lipinski definition) is 3. The predicted octanol–water partition coefficient (Wildman–Crippen LogP) is 3.30. The molecule has 0 spiro atoms. The third-order valence-electron chi connectivity index (χ3n) is 7.04. The van der Waals surface area contributed by atoms with Gasteiger partial charge in [0.2, 0.25) is 0 Å². The molecule has 1 aromatic carbocycles. The van der Waals surface area contributed by atoms with Crippen LogP contribution in [0.3, 0.4) is 0 Å². The maximum absolute atomic E-state index is 13.3. The lowest BCUT2D eigenvalue weighted by molar-refractivity contribution is -0.127. The summed E-state index contributed by atoms with van der Waals surface area (Å²) in [5, 5.41) is 7.21. The monoisotopic (exact) mass is 346 g/mol. The van der Waals surface area contributed by atoms with Crippen LogP contribution in [-0.4, -0.2) is 24.9 Å². The molecular weight excluding hydrogens is 320 g/mol. The van der Waals surface area contributed by atoms with E-state index in [9.17, 15) is 4.79 Å². The van der Waals surface area contributed by atoms with Crippen LogP contribution in [0.25, 0.3) is 0 Å². The van der Waals surface area contributed by atoms with E-state index < -0.39 is 0 Å². The van der Waals surface area contributed by atoms with Gasteiger partial charge in [-0.1, -0.05) is 42.5 Å². The van der Waals surface area contributed by atoms with Crippen LogP contribution in [0, 0.1) is 10.8 Å². The highest BCUT2D eigenvalue weighted by Gasteiger charge is 2.64. The number of fused-ring (bicyclic) bond motifs is 1. The topological polar surface area (TPSA) is 41.1 Å². The van der Waals surface area contributed by atoms with Crippen LogP contribution < -0.4 is 10.6 Å². The van der Waals surface area contributed by atoms with Crippen molar-refractivity contribution in [2.75, 3.05) is 13.1 Å². The fourth-order valence-electron chi connectivity index (χ4n) is 5.66. The minimum Gasteiger partial charge on any atom is -0.390 e. The van der Waals surface area contributed by atoms with Gasteiger partial charge in [0.15, 0.2) is 5.78 Å². The van der Waals surface area contributed by atoms with E-state index in [1.54, 1.807) is 6.08 Å². The number of rotatable bonds is 2. The van der Waals surface area contributed by atoms with E-state index in [-0.39, 0.29) is 22.7 Å². The van der Waals surface area contributed by atoms with E-state index in [4.69, 9.17) is 0 Å². The first-order valence-electron chi connectivity index (χ1n) is 9.86. The van der Waals surface area contributed by atoms with Crippen molar-refractivity contribution in [1.29, 1.82) is 0 Å². The molecule has 0 amide bonds. The van der Waals surface area contributed by atoms with Gasteiger partial charge in [-0.25, -0.2) is 0 Å². The van der Waals surface area contributed by atoms with Gasteiger partial charge in [0.25, 0.3) is 0 Å². The maximum atomic E-state index is 13.3. The van der Waals surface area contributed by atoms with Crippen LogP contribution in [-0.2, 0) is 11.2 Å². The van der Waals surface area contributed by atoms with Gasteiger partial charge < -0.3 is 10.6 Å². The smallest absolute Gasteiger partial charge is 0.165 e. The quantitative estimate of drug-likeness (QED) is 0.863. The first kappa shape index (κ1) is 16.1. The lowest BCUT2D eigenvalue weighted by atomic mass is 9.53. The van der Waals surface area contributed by atoms with Gasteiger partial charge in [0.05, 0.1) is 5.41 Å². The molecule has 1 fully saturated rings. The first-order chi connectivity index (χ1) is 12.7. The van der Waals surface area contributed by atoms with Gasteiger partial charge in [0, 0.05) is 30.7 Å². The second-order valence-electron chi connectivity index (χ2n) is 8.29. The van der Waals surface area contributed by atoms with Crippen molar-refractivity contribution in [3.05, 3.63) is 71.5 Å². The molecule has 134 valence electrons. The summed E-state index contributed by atoms with van der Waals surface area (Å²) < 4.78 is 0. The second-order valence-corrected chi connectivity index (χ2v) is 8.29. The van der Waals surface area contributed by atoms with Crippen LogP contribution in [0.15, 0.2) is 65.9 Å². The summed E-state index contributed by atoms with van der Waals surface area (Å²) in [4.78, 5) is 13.3. The lowest BCUT2D eigenvalue weighted by Crippen LogP contribution is -2.54. The normalized spacial score (nSPS) is 35.4. The summed E-state index contributed by atoms with van der Waals surface area (Å²) in [5.41, 5.74) is 3.75. The van der Waals surface area contributed by atoms with Gasteiger partial charge in [-0.15, -0.1) is 0 Å². The van der Waals surface area contributed by atoms with Gasteiger partial charge in [-0.2, -0.15) is 0 Å². The van der Waals surface area contributed by atoms with Gasteiger partial charge in [0.1, 0.15) is 0 Å². The largest absolute Gasteiger partial charge is 0.390 e. The van der Waals surface area contributed by atoms with Crippen LogP contribution in [0.4, 0.5) is 0 Å². The Kier molecular flexibility index (Phi) is 3.68. The first-order valence-corrected chi connectivity index (χ1v) is 9.86. The van der Waals surface area contributed by atoms with Gasteiger partial charge in [-0.05, 0) is 54.9 Å². The summed E-state index contributed by atoms with van der Waals surface area (Å²) in [5.74, 6) is 0.285. The summed E-state index contributed by atoms with van der Waals surface area (Å²) in [7, 11) is 0. The maximum Gasteiger partial charge on any atom is 0.165 e. The molecule has 3 heteroatoms. The molecule has 0 bridgehead atoms. The highest BCUT2D eigenvalue weighted by atomic mass is 16.1. The molecule has 3 atom stereocenters. The molecule has 0 aromatic heterocycles. The number of benzene rings is 1. The Bertz CT molecular complexity index is 822. The van der Waals surface area contributed by atoms with E-state index in [0.29, 0.717) is 0 Å². The number of carbonyl (C=O) groups is 1.